The number of nitrogens with zero attached hydrogens (tertiary/aromatic N) is 1. The molecule has 1 aliphatic rings. The van der Waals surface area contributed by atoms with E-state index in [0.717, 1.165) is 29.7 Å². The van der Waals surface area contributed by atoms with Gasteiger partial charge in [0.1, 0.15) is 0 Å². The average molecular weight is 667 g/mol. The van der Waals surface area contributed by atoms with Crippen LogP contribution in [0.1, 0.15) is 82.1 Å². The summed E-state index contributed by atoms with van der Waals surface area (Å²) in [7, 11) is 0. The number of aryl methyl sites for hydroxylation is 3. The first kappa shape index (κ1) is 36.7. The minimum atomic E-state index is -1.56. The number of nitrogens with one attached hydrogen (secondary N) is 1. The summed E-state index contributed by atoms with van der Waals surface area (Å²) in [6.45, 7) is 9.01. The number of rotatable bonds is 13. The Kier molecular flexibility index (Phi) is 12.1. The van der Waals surface area contributed by atoms with Crippen molar-refractivity contribution < 1.29 is 37.0 Å². The van der Waals surface area contributed by atoms with E-state index >= 15 is 0 Å². The average Bonchev–Trinajstić information content (AvgIpc) is 3.02. The fourth-order valence-corrected chi connectivity index (χ4v) is 5.59. The normalized spacial score (nSPS) is 13.2. The van der Waals surface area contributed by atoms with E-state index in [1.54, 1.807) is 13.8 Å². The Morgan fingerprint density at radius 2 is 1.50 bits per heavy atom. The Morgan fingerprint density at radius 1 is 0.854 bits per heavy atom. The van der Waals surface area contributed by atoms with E-state index in [1.807, 2.05) is 49.1 Å². The summed E-state index contributed by atoms with van der Waals surface area (Å²) in [5, 5.41) is 2.89. The SMILES string of the molecule is Cc1cc(F)c(F)c(OC(=O)C(C)(C)CCOC(C)(C)CCNC(=O)CCCC(=O)N2Cc3ccccc3CCc3ccccc32)c1F. The van der Waals surface area contributed by atoms with Gasteiger partial charge in [-0.15, -0.1) is 0 Å². The Hall–Kier alpha value is -4.18. The van der Waals surface area contributed by atoms with Crippen LogP contribution in [0, 0.1) is 29.8 Å². The zero-order chi connectivity index (χ0) is 35.1. The maximum absolute atomic E-state index is 14.3. The summed E-state index contributed by atoms with van der Waals surface area (Å²) in [6.07, 6.45) is 3.29. The fraction of sp³-hybridized carbons (Fsp3) is 0.447. The van der Waals surface area contributed by atoms with Crippen molar-refractivity contribution in [2.75, 3.05) is 18.1 Å². The summed E-state index contributed by atoms with van der Waals surface area (Å²) >= 11 is 0. The van der Waals surface area contributed by atoms with Crippen LogP contribution in [0.3, 0.4) is 0 Å². The molecule has 1 aliphatic heterocycles. The summed E-state index contributed by atoms with van der Waals surface area (Å²) in [5.74, 6) is -6.14. The molecule has 10 heteroatoms. The standard InChI is InChI=1S/C38H45F3N2O5/c1-25-23-29(39)34(41)35(33(25)40)48-36(46)37(2,3)20-22-47-38(4,5)19-21-42-31(44)15-10-16-32(45)43-24-28-13-7-6-11-26(28)17-18-27-12-8-9-14-30(27)43/h6-9,11-14,23H,10,15-22,24H2,1-5H3,(H,42,44). The lowest BCUT2D eigenvalue weighted by Crippen LogP contribution is -2.35. The highest BCUT2D eigenvalue weighted by Gasteiger charge is 2.33. The molecule has 2 amide bonds. The molecule has 3 aromatic carbocycles. The molecule has 4 rings (SSSR count). The van der Waals surface area contributed by atoms with Gasteiger partial charge in [0.25, 0.3) is 0 Å². The Balaban J connectivity index is 1.19. The largest absolute Gasteiger partial charge is 0.420 e. The Bertz CT molecular complexity index is 1610. The van der Waals surface area contributed by atoms with Crippen molar-refractivity contribution in [1.29, 1.82) is 0 Å². The number of ether oxygens (including phenoxy) is 2. The van der Waals surface area contributed by atoms with E-state index in [2.05, 4.69) is 23.5 Å². The van der Waals surface area contributed by atoms with Crippen molar-refractivity contribution in [2.45, 2.75) is 91.7 Å². The molecule has 48 heavy (non-hydrogen) atoms. The number of hydrogen-bond donors (Lipinski definition) is 1. The number of benzene rings is 3. The van der Waals surface area contributed by atoms with Crippen molar-refractivity contribution >= 4 is 23.5 Å². The number of carbonyl (C=O) groups is 3. The first-order chi connectivity index (χ1) is 22.7. The van der Waals surface area contributed by atoms with E-state index in [-0.39, 0.29) is 43.2 Å². The number of amides is 2. The van der Waals surface area contributed by atoms with Gasteiger partial charge in [0.2, 0.25) is 23.4 Å². The topological polar surface area (TPSA) is 84.9 Å². The molecular formula is C38H45F3N2O5. The van der Waals surface area contributed by atoms with Crippen LogP contribution in [-0.2, 0) is 38.5 Å². The molecule has 3 aromatic rings. The second-order valence-corrected chi connectivity index (χ2v) is 13.6. The molecule has 0 fully saturated rings. The zero-order valence-electron chi connectivity index (χ0n) is 28.4. The highest BCUT2D eigenvalue weighted by Crippen LogP contribution is 2.32. The Morgan fingerprint density at radius 3 is 2.23 bits per heavy atom. The summed E-state index contributed by atoms with van der Waals surface area (Å²) < 4.78 is 53.1. The number of anilines is 1. The lowest BCUT2D eigenvalue weighted by molar-refractivity contribution is -0.146. The number of hydrogen-bond acceptors (Lipinski definition) is 5. The molecule has 1 N–H and O–H groups in total. The third-order valence-corrected chi connectivity index (χ3v) is 8.80. The van der Waals surface area contributed by atoms with E-state index in [0.29, 0.717) is 32.0 Å². The number of esters is 1. The van der Waals surface area contributed by atoms with Crippen LogP contribution < -0.4 is 15.0 Å². The third-order valence-electron chi connectivity index (χ3n) is 8.80. The highest BCUT2D eigenvalue weighted by atomic mass is 19.2. The van der Waals surface area contributed by atoms with Crippen molar-refractivity contribution in [1.82, 2.24) is 5.32 Å². The molecule has 0 saturated heterocycles. The van der Waals surface area contributed by atoms with Gasteiger partial charge in [0.15, 0.2) is 11.6 Å². The van der Waals surface area contributed by atoms with Crippen molar-refractivity contribution in [3.63, 3.8) is 0 Å². The summed E-state index contributed by atoms with van der Waals surface area (Å²) in [5.41, 5.74) is 2.42. The molecule has 0 spiro atoms. The first-order valence-corrected chi connectivity index (χ1v) is 16.4. The van der Waals surface area contributed by atoms with Crippen molar-refractivity contribution in [3.8, 4) is 5.75 Å². The van der Waals surface area contributed by atoms with Gasteiger partial charge in [-0.05, 0) is 101 Å². The monoisotopic (exact) mass is 666 g/mol. The fourth-order valence-electron chi connectivity index (χ4n) is 5.59. The second kappa shape index (κ2) is 15.8. The maximum Gasteiger partial charge on any atom is 0.317 e. The van der Waals surface area contributed by atoms with Crippen LogP contribution in [-0.4, -0.2) is 36.5 Å². The van der Waals surface area contributed by atoms with E-state index in [1.165, 1.54) is 12.5 Å². The molecule has 0 aliphatic carbocycles. The van der Waals surface area contributed by atoms with E-state index in [4.69, 9.17) is 9.47 Å². The molecule has 1 heterocycles. The summed E-state index contributed by atoms with van der Waals surface area (Å²) in [4.78, 5) is 40.6. The molecule has 0 atom stereocenters. The van der Waals surface area contributed by atoms with Crippen LogP contribution in [0.25, 0.3) is 0 Å². The van der Waals surface area contributed by atoms with Crippen LogP contribution in [0.5, 0.6) is 5.75 Å². The number of fused-ring (bicyclic) bond motifs is 2. The number of carbonyl (C=O) groups excluding carboxylic acids is 3. The van der Waals surface area contributed by atoms with Gasteiger partial charge >= 0.3 is 5.97 Å². The van der Waals surface area contributed by atoms with E-state index < -0.39 is 40.2 Å². The predicted molar refractivity (Wildman–Crippen MR) is 178 cm³/mol. The minimum absolute atomic E-state index is 0.0189. The van der Waals surface area contributed by atoms with Crippen LogP contribution in [0.2, 0.25) is 0 Å². The Labute approximate surface area is 280 Å². The molecule has 0 unspecified atom stereocenters. The molecule has 7 nitrogen and oxygen atoms in total. The molecule has 0 aromatic heterocycles. The van der Waals surface area contributed by atoms with Crippen LogP contribution in [0.15, 0.2) is 54.6 Å². The molecule has 0 saturated carbocycles. The van der Waals surface area contributed by atoms with Gasteiger partial charge in [0, 0.05) is 31.7 Å². The number of para-hydroxylation sites is 1. The molecule has 0 radical (unpaired) electrons. The van der Waals surface area contributed by atoms with Crippen LogP contribution >= 0.6 is 0 Å². The minimum Gasteiger partial charge on any atom is -0.420 e. The first-order valence-electron chi connectivity index (χ1n) is 16.4. The smallest absolute Gasteiger partial charge is 0.317 e. The van der Waals surface area contributed by atoms with Gasteiger partial charge in [-0.25, -0.2) is 8.78 Å². The summed E-state index contributed by atoms with van der Waals surface area (Å²) in [6, 6.07) is 16.9. The maximum atomic E-state index is 14.3. The van der Waals surface area contributed by atoms with Gasteiger partial charge < -0.3 is 19.7 Å². The van der Waals surface area contributed by atoms with Crippen LogP contribution in [0.4, 0.5) is 18.9 Å². The lowest BCUT2D eigenvalue weighted by Gasteiger charge is -2.29. The zero-order valence-corrected chi connectivity index (χ0v) is 28.4. The van der Waals surface area contributed by atoms with Crippen molar-refractivity contribution in [2.24, 2.45) is 5.41 Å². The van der Waals surface area contributed by atoms with Gasteiger partial charge in [-0.3, -0.25) is 14.4 Å². The van der Waals surface area contributed by atoms with Gasteiger partial charge in [-0.1, -0.05) is 42.5 Å². The molecular weight excluding hydrogens is 621 g/mol. The number of halogens is 3. The molecule has 258 valence electrons. The van der Waals surface area contributed by atoms with Crippen molar-refractivity contribution in [3.05, 3.63) is 94.3 Å². The highest BCUT2D eigenvalue weighted by molar-refractivity contribution is 5.94. The molecule has 0 bridgehead atoms. The predicted octanol–water partition coefficient (Wildman–Crippen LogP) is 7.54. The van der Waals surface area contributed by atoms with Gasteiger partial charge in [0.05, 0.1) is 17.6 Å². The van der Waals surface area contributed by atoms with E-state index in [9.17, 15) is 27.6 Å². The quantitative estimate of drug-likeness (QED) is 0.116. The second-order valence-electron chi connectivity index (χ2n) is 13.6. The lowest BCUT2D eigenvalue weighted by atomic mass is 9.90. The third kappa shape index (κ3) is 9.46. The van der Waals surface area contributed by atoms with Gasteiger partial charge in [-0.2, -0.15) is 4.39 Å².